The molecule has 1 unspecified atom stereocenters. The van der Waals surface area contributed by atoms with E-state index in [0.29, 0.717) is 25.7 Å². The van der Waals surface area contributed by atoms with Gasteiger partial charge in [0.2, 0.25) is 0 Å². The van der Waals surface area contributed by atoms with Gasteiger partial charge in [0.25, 0.3) is 10.2 Å². The van der Waals surface area contributed by atoms with Gasteiger partial charge in [0.05, 0.1) is 0 Å². The summed E-state index contributed by atoms with van der Waals surface area (Å²) in [5.74, 6) is 0. The number of rotatable bonds is 5. The summed E-state index contributed by atoms with van der Waals surface area (Å²) in [5, 5.41) is 3.37. The van der Waals surface area contributed by atoms with Crippen LogP contribution in [-0.2, 0) is 10.2 Å². The van der Waals surface area contributed by atoms with Crippen LogP contribution in [0.25, 0.3) is 0 Å². The lowest BCUT2D eigenvalue weighted by atomic mass is 10.2. The van der Waals surface area contributed by atoms with E-state index in [-0.39, 0.29) is 0 Å². The third-order valence-electron chi connectivity index (χ3n) is 3.59. The Hall–Kier alpha value is -0.170. The van der Waals surface area contributed by atoms with Crippen LogP contribution >= 0.6 is 0 Å². The lowest BCUT2D eigenvalue weighted by Gasteiger charge is -2.26. The van der Waals surface area contributed by atoms with Gasteiger partial charge in [-0.25, -0.2) is 4.72 Å². The minimum Gasteiger partial charge on any atom is -0.314 e. The normalized spacial score (nSPS) is 27.4. The van der Waals surface area contributed by atoms with Crippen LogP contribution in [0.5, 0.6) is 0 Å². The molecule has 0 radical (unpaired) electrons. The third kappa shape index (κ3) is 3.91. The van der Waals surface area contributed by atoms with Gasteiger partial charge in [0, 0.05) is 25.7 Å². The zero-order valence-electron chi connectivity index (χ0n) is 10.3. The summed E-state index contributed by atoms with van der Waals surface area (Å²) in [4.78, 5) is 0. The van der Waals surface area contributed by atoms with E-state index in [4.69, 9.17) is 0 Å². The molecular weight excluding hydrogens is 238 g/mol. The Balaban J connectivity index is 1.72. The molecule has 0 amide bonds. The van der Waals surface area contributed by atoms with Crippen molar-refractivity contribution in [2.45, 2.75) is 44.6 Å². The monoisotopic (exact) mass is 261 g/mol. The maximum atomic E-state index is 12.0. The van der Waals surface area contributed by atoms with Crippen LogP contribution in [0.3, 0.4) is 0 Å². The molecule has 2 N–H and O–H groups in total. The minimum absolute atomic E-state index is 0.499. The lowest BCUT2D eigenvalue weighted by molar-refractivity contribution is 0.341. The van der Waals surface area contributed by atoms with Crippen LogP contribution in [0.4, 0.5) is 0 Å². The van der Waals surface area contributed by atoms with E-state index in [1.165, 1.54) is 12.8 Å². The van der Waals surface area contributed by atoms with Gasteiger partial charge in [-0.05, 0) is 38.6 Å². The molecule has 0 aromatic rings. The Morgan fingerprint density at radius 1 is 1.18 bits per heavy atom. The van der Waals surface area contributed by atoms with Crippen molar-refractivity contribution in [2.75, 3.05) is 26.2 Å². The SMILES string of the molecule is O=S(=O)(NCCC1CCCN1)N1CCCCC1. The summed E-state index contributed by atoms with van der Waals surface area (Å²) in [7, 11) is -3.22. The fourth-order valence-corrected chi connectivity index (χ4v) is 3.86. The molecule has 1 atom stereocenters. The topological polar surface area (TPSA) is 61.4 Å². The summed E-state index contributed by atoms with van der Waals surface area (Å²) in [6, 6.07) is 0.499. The van der Waals surface area contributed by atoms with Crippen molar-refractivity contribution in [3.63, 3.8) is 0 Å². The van der Waals surface area contributed by atoms with Gasteiger partial charge in [0.15, 0.2) is 0 Å². The number of piperidine rings is 1. The fraction of sp³-hybridized carbons (Fsp3) is 1.00. The van der Waals surface area contributed by atoms with Gasteiger partial charge in [-0.2, -0.15) is 12.7 Å². The van der Waals surface area contributed by atoms with E-state index in [0.717, 1.165) is 32.2 Å². The highest BCUT2D eigenvalue weighted by molar-refractivity contribution is 7.87. The van der Waals surface area contributed by atoms with E-state index in [1.807, 2.05) is 0 Å². The van der Waals surface area contributed by atoms with Crippen LogP contribution in [0, 0.1) is 0 Å². The van der Waals surface area contributed by atoms with Crippen molar-refractivity contribution in [1.82, 2.24) is 14.3 Å². The molecule has 0 aromatic carbocycles. The zero-order chi connectivity index (χ0) is 12.1. The number of nitrogens with zero attached hydrogens (tertiary/aromatic N) is 1. The second-order valence-corrected chi connectivity index (χ2v) is 6.70. The van der Waals surface area contributed by atoms with Gasteiger partial charge in [-0.3, -0.25) is 0 Å². The van der Waals surface area contributed by atoms with Gasteiger partial charge in [-0.15, -0.1) is 0 Å². The molecule has 2 saturated heterocycles. The average Bonchev–Trinajstić information content (AvgIpc) is 2.83. The molecule has 0 saturated carbocycles. The van der Waals surface area contributed by atoms with Crippen LogP contribution < -0.4 is 10.0 Å². The first-order valence-corrected chi connectivity index (χ1v) is 8.10. The summed E-state index contributed by atoms with van der Waals surface area (Å²) in [6.45, 7) is 2.98. The summed E-state index contributed by atoms with van der Waals surface area (Å²) >= 11 is 0. The Kier molecular flexibility index (Phi) is 4.78. The summed E-state index contributed by atoms with van der Waals surface area (Å²) < 4.78 is 28.2. The number of nitrogens with one attached hydrogen (secondary N) is 2. The minimum atomic E-state index is -3.22. The molecule has 6 heteroatoms. The predicted molar refractivity (Wildman–Crippen MR) is 68.0 cm³/mol. The van der Waals surface area contributed by atoms with E-state index in [9.17, 15) is 8.42 Å². The van der Waals surface area contributed by atoms with Gasteiger partial charge in [-0.1, -0.05) is 6.42 Å². The molecule has 2 aliphatic heterocycles. The Labute approximate surface area is 104 Å². The second kappa shape index (κ2) is 6.13. The fourth-order valence-electron chi connectivity index (χ4n) is 2.56. The molecule has 0 bridgehead atoms. The van der Waals surface area contributed by atoms with Crippen LogP contribution in [0.2, 0.25) is 0 Å². The largest absolute Gasteiger partial charge is 0.314 e. The highest BCUT2D eigenvalue weighted by Gasteiger charge is 2.23. The zero-order valence-corrected chi connectivity index (χ0v) is 11.1. The second-order valence-electron chi connectivity index (χ2n) is 4.94. The Bertz CT molecular complexity index is 320. The summed E-state index contributed by atoms with van der Waals surface area (Å²) in [5.41, 5.74) is 0. The Morgan fingerprint density at radius 2 is 1.94 bits per heavy atom. The maximum Gasteiger partial charge on any atom is 0.279 e. The molecular formula is C11H23N3O2S. The standard InChI is InChI=1S/C11H23N3O2S/c15-17(16,14-9-2-1-3-10-14)13-8-6-11-5-4-7-12-11/h11-13H,1-10H2. The molecule has 0 spiro atoms. The van der Waals surface area contributed by atoms with Gasteiger partial charge < -0.3 is 5.32 Å². The third-order valence-corrected chi connectivity index (χ3v) is 5.21. The van der Waals surface area contributed by atoms with Crippen molar-refractivity contribution in [2.24, 2.45) is 0 Å². The van der Waals surface area contributed by atoms with Crippen LogP contribution in [0.15, 0.2) is 0 Å². The lowest BCUT2D eigenvalue weighted by Crippen LogP contribution is -2.44. The smallest absolute Gasteiger partial charge is 0.279 e. The summed E-state index contributed by atoms with van der Waals surface area (Å²) in [6.07, 6.45) is 6.41. The highest BCUT2D eigenvalue weighted by atomic mass is 32.2. The maximum absolute atomic E-state index is 12.0. The molecule has 2 heterocycles. The van der Waals surface area contributed by atoms with Crippen LogP contribution in [-0.4, -0.2) is 44.9 Å². The van der Waals surface area contributed by atoms with Gasteiger partial charge >= 0.3 is 0 Å². The first kappa shape index (κ1) is 13.3. The molecule has 5 nitrogen and oxygen atoms in total. The predicted octanol–water partition coefficient (Wildman–Crippen LogP) is 0.449. The highest BCUT2D eigenvalue weighted by Crippen LogP contribution is 2.12. The van der Waals surface area contributed by atoms with Crippen molar-refractivity contribution in [1.29, 1.82) is 0 Å². The van der Waals surface area contributed by atoms with Crippen LogP contribution in [0.1, 0.15) is 38.5 Å². The van der Waals surface area contributed by atoms with E-state index in [2.05, 4.69) is 10.0 Å². The number of hydrogen-bond acceptors (Lipinski definition) is 3. The van der Waals surface area contributed by atoms with E-state index < -0.39 is 10.2 Å². The van der Waals surface area contributed by atoms with E-state index in [1.54, 1.807) is 4.31 Å². The molecule has 100 valence electrons. The molecule has 0 aromatic heterocycles. The molecule has 0 aliphatic carbocycles. The van der Waals surface area contributed by atoms with Gasteiger partial charge in [0.1, 0.15) is 0 Å². The first-order chi connectivity index (χ1) is 8.18. The quantitative estimate of drug-likeness (QED) is 0.755. The Morgan fingerprint density at radius 3 is 2.59 bits per heavy atom. The molecule has 2 aliphatic rings. The molecule has 17 heavy (non-hydrogen) atoms. The van der Waals surface area contributed by atoms with Crippen molar-refractivity contribution < 1.29 is 8.42 Å². The molecule has 2 fully saturated rings. The first-order valence-electron chi connectivity index (χ1n) is 6.66. The van der Waals surface area contributed by atoms with Crippen molar-refractivity contribution in [3.05, 3.63) is 0 Å². The van der Waals surface area contributed by atoms with Crippen molar-refractivity contribution in [3.8, 4) is 0 Å². The molecule has 2 rings (SSSR count). The van der Waals surface area contributed by atoms with E-state index >= 15 is 0 Å². The average molecular weight is 261 g/mol. The number of hydrogen-bond donors (Lipinski definition) is 2. The van der Waals surface area contributed by atoms with Crippen molar-refractivity contribution >= 4 is 10.2 Å².